The third-order valence-electron chi connectivity index (χ3n) is 3.81. The van der Waals surface area contributed by atoms with Crippen LogP contribution in [0.4, 0.5) is 0 Å². The fourth-order valence-electron chi connectivity index (χ4n) is 2.40. The Labute approximate surface area is 158 Å². The van der Waals surface area contributed by atoms with Gasteiger partial charge in [-0.2, -0.15) is 0 Å². The van der Waals surface area contributed by atoms with Gasteiger partial charge < -0.3 is 15.4 Å². The summed E-state index contributed by atoms with van der Waals surface area (Å²) in [7, 11) is 1.62. The second-order valence-corrected chi connectivity index (χ2v) is 6.25. The van der Waals surface area contributed by atoms with Gasteiger partial charge >= 0.3 is 0 Å². The largest absolute Gasteiger partial charge is 0.385 e. The minimum absolute atomic E-state index is 0.197. The Hall–Kier alpha value is -2.37. The van der Waals surface area contributed by atoms with E-state index in [1.807, 2.05) is 24.3 Å². The van der Waals surface area contributed by atoms with E-state index in [9.17, 15) is 9.59 Å². The van der Waals surface area contributed by atoms with Crippen LogP contribution in [0.3, 0.4) is 0 Å². The van der Waals surface area contributed by atoms with Crippen molar-refractivity contribution in [1.29, 1.82) is 0 Å². The van der Waals surface area contributed by atoms with E-state index in [0.29, 0.717) is 42.3 Å². The topological polar surface area (TPSA) is 67.4 Å². The quantitative estimate of drug-likeness (QED) is 0.663. The van der Waals surface area contributed by atoms with Gasteiger partial charge in [0.05, 0.1) is 0 Å². The molecule has 0 saturated heterocycles. The van der Waals surface area contributed by atoms with Crippen LogP contribution < -0.4 is 10.6 Å². The molecule has 0 aliphatic heterocycles. The highest BCUT2D eigenvalue weighted by Gasteiger charge is 2.10. The van der Waals surface area contributed by atoms with Crippen molar-refractivity contribution in [2.24, 2.45) is 0 Å². The molecule has 0 aromatic heterocycles. The van der Waals surface area contributed by atoms with Gasteiger partial charge in [0.15, 0.2) is 0 Å². The van der Waals surface area contributed by atoms with Crippen molar-refractivity contribution in [1.82, 2.24) is 10.6 Å². The zero-order valence-electron chi connectivity index (χ0n) is 14.8. The van der Waals surface area contributed by atoms with Gasteiger partial charge in [0, 0.05) is 43.0 Å². The highest BCUT2D eigenvalue weighted by atomic mass is 35.5. The second kappa shape index (κ2) is 10.6. The normalized spacial score (nSPS) is 10.4. The summed E-state index contributed by atoms with van der Waals surface area (Å²) in [5.74, 6) is -0.398. The van der Waals surface area contributed by atoms with Crippen molar-refractivity contribution in [2.75, 3.05) is 26.8 Å². The number of carbonyl (C=O) groups is 2. The van der Waals surface area contributed by atoms with Crippen LogP contribution in [0.5, 0.6) is 0 Å². The van der Waals surface area contributed by atoms with Gasteiger partial charge in [-0.25, -0.2) is 0 Å². The van der Waals surface area contributed by atoms with Crippen LogP contribution >= 0.6 is 11.6 Å². The molecule has 2 N–H and O–H groups in total. The highest BCUT2D eigenvalue weighted by molar-refractivity contribution is 6.30. The van der Waals surface area contributed by atoms with E-state index in [4.69, 9.17) is 16.3 Å². The third-order valence-corrected chi connectivity index (χ3v) is 4.06. The number of hydrogen-bond acceptors (Lipinski definition) is 3. The Morgan fingerprint density at radius 2 is 1.58 bits per heavy atom. The average Bonchev–Trinajstić information content (AvgIpc) is 2.66. The van der Waals surface area contributed by atoms with Crippen LogP contribution in [0.1, 0.15) is 32.7 Å². The number of ether oxygens (including phenoxy) is 1. The maximum Gasteiger partial charge on any atom is 0.251 e. The smallest absolute Gasteiger partial charge is 0.251 e. The Morgan fingerprint density at radius 1 is 0.962 bits per heavy atom. The summed E-state index contributed by atoms with van der Waals surface area (Å²) in [6.45, 7) is 1.63. The van der Waals surface area contributed by atoms with Crippen molar-refractivity contribution in [3.63, 3.8) is 0 Å². The lowest BCUT2D eigenvalue weighted by atomic mass is 10.1. The Morgan fingerprint density at radius 3 is 2.19 bits per heavy atom. The molecule has 0 heterocycles. The van der Waals surface area contributed by atoms with Gasteiger partial charge in [-0.05, 0) is 48.7 Å². The molecular formula is C20H23ClN2O3. The first-order chi connectivity index (χ1) is 12.6. The molecule has 0 aliphatic rings. The second-order valence-electron chi connectivity index (χ2n) is 5.82. The Kier molecular flexibility index (Phi) is 8.12. The van der Waals surface area contributed by atoms with Gasteiger partial charge in [0.1, 0.15) is 0 Å². The fourth-order valence-corrected chi connectivity index (χ4v) is 2.52. The molecule has 0 unspecified atom stereocenters. The minimum atomic E-state index is -0.201. The number of nitrogens with one attached hydrogen (secondary N) is 2. The van der Waals surface area contributed by atoms with Gasteiger partial charge in [0.25, 0.3) is 11.8 Å². The summed E-state index contributed by atoms with van der Waals surface area (Å²) in [6, 6.07) is 14.2. The van der Waals surface area contributed by atoms with Gasteiger partial charge in [0.2, 0.25) is 0 Å². The molecule has 0 bridgehead atoms. The molecule has 2 amide bonds. The van der Waals surface area contributed by atoms with Crippen molar-refractivity contribution in [3.8, 4) is 0 Å². The van der Waals surface area contributed by atoms with Gasteiger partial charge in [-0.15, -0.1) is 0 Å². The zero-order valence-corrected chi connectivity index (χ0v) is 15.5. The number of halogens is 1. The molecule has 2 aromatic carbocycles. The van der Waals surface area contributed by atoms with Crippen LogP contribution in [-0.4, -0.2) is 38.6 Å². The molecule has 138 valence electrons. The fraction of sp³-hybridized carbons (Fsp3) is 0.300. The van der Waals surface area contributed by atoms with E-state index >= 15 is 0 Å². The van der Waals surface area contributed by atoms with Crippen molar-refractivity contribution in [3.05, 3.63) is 70.2 Å². The predicted octanol–water partition coefficient (Wildman–Crippen LogP) is 3.08. The molecule has 0 fully saturated rings. The van der Waals surface area contributed by atoms with Gasteiger partial charge in [-0.3, -0.25) is 9.59 Å². The first-order valence-electron chi connectivity index (χ1n) is 8.50. The van der Waals surface area contributed by atoms with E-state index in [1.54, 1.807) is 31.4 Å². The number of carbonyl (C=O) groups excluding carboxylic acids is 2. The summed E-state index contributed by atoms with van der Waals surface area (Å²) >= 11 is 5.86. The summed E-state index contributed by atoms with van der Waals surface area (Å²) < 4.78 is 4.94. The molecule has 0 aliphatic carbocycles. The molecule has 2 rings (SSSR count). The summed E-state index contributed by atoms with van der Waals surface area (Å²) in [6.07, 6.45) is 1.45. The molecule has 0 saturated carbocycles. The first-order valence-corrected chi connectivity index (χ1v) is 8.88. The molecule has 5 nitrogen and oxygen atoms in total. The minimum Gasteiger partial charge on any atom is -0.385 e. The summed E-state index contributed by atoms with van der Waals surface area (Å²) in [5.41, 5.74) is 2.03. The maximum absolute atomic E-state index is 12.3. The van der Waals surface area contributed by atoms with Crippen LogP contribution in [0, 0.1) is 0 Å². The number of methoxy groups -OCH3 is 1. The molecule has 26 heavy (non-hydrogen) atoms. The van der Waals surface area contributed by atoms with E-state index in [0.717, 1.165) is 12.0 Å². The lowest BCUT2D eigenvalue weighted by molar-refractivity contribution is 0.0948. The Balaban J connectivity index is 1.84. The zero-order chi connectivity index (χ0) is 18.8. The van der Waals surface area contributed by atoms with E-state index in [1.165, 1.54) is 0 Å². The van der Waals surface area contributed by atoms with E-state index < -0.39 is 0 Å². The summed E-state index contributed by atoms with van der Waals surface area (Å²) in [5, 5.41) is 6.37. The molecular weight excluding hydrogens is 352 g/mol. The van der Waals surface area contributed by atoms with Crippen molar-refractivity contribution >= 4 is 23.4 Å². The highest BCUT2D eigenvalue weighted by Crippen LogP contribution is 2.10. The van der Waals surface area contributed by atoms with Crippen LogP contribution in [-0.2, 0) is 11.2 Å². The number of amides is 2. The van der Waals surface area contributed by atoms with Crippen LogP contribution in [0.2, 0.25) is 5.02 Å². The predicted molar refractivity (Wildman–Crippen MR) is 103 cm³/mol. The van der Waals surface area contributed by atoms with Crippen molar-refractivity contribution in [2.45, 2.75) is 12.8 Å². The monoisotopic (exact) mass is 374 g/mol. The molecule has 0 atom stereocenters. The lowest BCUT2D eigenvalue weighted by Gasteiger charge is -2.08. The van der Waals surface area contributed by atoms with Gasteiger partial charge in [-0.1, -0.05) is 29.8 Å². The van der Waals surface area contributed by atoms with E-state index in [2.05, 4.69) is 10.6 Å². The van der Waals surface area contributed by atoms with E-state index in [-0.39, 0.29) is 11.8 Å². The maximum atomic E-state index is 12.3. The van der Waals surface area contributed by atoms with Crippen LogP contribution in [0.15, 0.2) is 48.5 Å². The first kappa shape index (κ1) is 19.9. The Bertz CT molecular complexity index is 732. The number of rotatable bonds is 9. The van der Waals surface area contributed by atoms with Crippen molar-refractivity contribution < 1.29 is 14.3 Å². The molecule has 0 spiro atoms. The molecule has 0 radical (unpaired) electrons. The van der Waals surface area contributed by atoms with Crippen LogP contribution in [0.25, 0.3) is 0 Å². The standard InChI is InChI=1S/C20H23ClN2O3/c1-26-13-3-11-22-19(24)16-4-2-5-17(14-16)20(25)23-12-10-15-6-8-18(21)9-7-15/h2,4-9,14H,3,10-13H2,1H3,(H,22,24)(H,23,25). The third kappa shape index (κ3) is 6.50. The number of hydrogen-bond donors (Lipinski definition) is 2. The average molecular weight is 375 g/mol. The SMILES string of the molecule is COCCCNC(=O)c1cccc(C(=O)NCCc2ccc(Cl)cc2)c1. The molecule has 2 aromatic rings. The summed E-state index contributed by atoms with van der Waals surface area (Å²) in [4.78, 5) is 24.4. The lowest BCUT2D eigenvalue weighted by Crippen LogP contribution is -2.27. The molecule has 6 heteroatoms. The number of benzene rings is 2.